The summed E-state index contributed by atoms with van der Waals surface area (Å²) in [5, 5.41) is 0. The molecule has 0 aromatic heterocycles. The Bertz CT molecular complexity index is 770. The summed E-state index contributed by atoms with van der Waals surface area (Å²) in [5.74, 6) is -0.497. The van der Waals surface area contributed by atoms with Crippen molar-refractivity contribution in [1.29, 1.82) is 0 Å². The average molecular weight is 363 g/mol. The van der Waals surface area contributed by atoms with Crippen LogP contribution in [0.3, 0.4) is 0 Å². The first kappa shape index (κ1) is 17.4. The van der Waals surface area contributed by atoms with Crippen LogP contribution in [-0.4, -0.2) is 27.9 Å². The second-order valence-corrected chi connectivity index (χ2v) is 6.83. The van der Waals surface area contributed by atoms with E-state index in [1.807, 2.05) is 0 Å². The Morgan fingerprint density at radius 1 is 0.519 bits per heavy atom. The summed E-state index contributed by atoms with van der Waals surface area (Å²) in [7, 11) is 2.07. The summed E-state index contributed by atoms with van der Waals surface area (Å²) >= 11 is 0. The van der Waals surface area contributed by atoms with Crippen LogP contribution in [0.1, 0.15) is 0 Å². The molecule has 1 fully saturated rings. The van der Waals surface area contributed by atoms with Crippen molar-refractivity contribution in [2.24, 2.45) is 0 Å². The molecule has 4 rings (SSSR count). The number of hydrogen-bond donors (Lipinski definition) is 0. The van der Waals surface area contributed by atoms with Crippen molar-refractivity contribution in [1.82, 2.24) is 0 Å². The van der Waals surface area contributed by atoms with Crippen LogP contribution in [0.25, 0.3) is 0 Å². The lowest BCUT2D eigenvalue weighted by Gasteiger charge is -2.45. The molecule has 0 saturated carbocycles. The van der Waals surface area contributed by atoms with Gasteiger partial charge in [-0.25, -0.2) is 8.78 Å². The van der Waals surface area contributed by atoms with Gasteiger partial charge in [0.15, 0.2) is 0 Å². The van der Waals surface area contributed by atoms with Gasteiger partial charge in [-0.15, -0.1) is 0 Å². The predicted octanol–water partition coefficient (Wildman–Crippen LogP) is 2.93. The molecular formula is C21H20BF2N3. The summed E-state index contributed by atoms with van der Waals surface area (Å²) in [6.45, 7) is 2.01. The molecule has 0 unspecified atom stereocenters. The number of halogens is 2. The van der Waals surface area contributed by atoms with Gasteiger partial charge in [-0.05, 0) is 60.7 Å². The summed E-state index contributed by atoms with van der Waals surface area (Å²) < 4.78 is 26.7. The topological polar surface area (TPSA) is 9.72 Å². The van der Waals surface area contributed by atoms with E-state index in [9.17, 15) is 8.78 Å². The van der Waals surface area contributed by atoms with E-state index in [0.717, 1.165) is 17.1 Å². The van der Waals surface area contributed by atoms with Crippen molar-refractivity contribution in [3.8, 4) is 0 Å². The highest BCUT2D eigenvalue weighted by Crippen LogP contribution is 2.26. The van der Waals surface area contributed by atoms with Gasteiger partial charge in [0.1, 0.15) is 19.5 Å². The number of hydrogen-bond acceptors (Lipinski definition) is 3. The highest BCUT2D eigenvalue weighted by Gasteiger charge is 2.24. The molecule has 1 aliphatic rings. The lowest BCUT2D eigenvalue weighted by Crippen LogP contribution is -2.55. The maximum Gasteiger partial charge on any atom is 0.139 e. The Balaban J connectivity index is 1.66. The standard InChI is InChI=1S/C21H20BF2N3/c22-16-1-7-19(8-2-16)25-13-26(20-9-3-17(23)4-10-20)15-27(14-25)21-11-5-18(24)6-12-21/h1-12H,13-15,22H2. The van der Waals surface area contributed by atoms with Gasteiger partial charge in [-0.3, -0.25) is 0 Å². The number of nitrogens with zero attached hydrogens (tertiary/aromatic N) is 3. The first-order valence-corrected chi connectivity index (χ1v) is 8.91. The molecule has 0 N–H and O–H groups in total. The van der Waals surface area contributed by atoms with Crippen molar-refractivity contribution >= 4 is 30.4 Å². The van der Waals surface area contributed by atoms with Crippen LogP contribution in [0.2, 0.25) is 0 Å². The molecule has 3 aromatic rings. The minimum Gasteiger partial charge on any atom is -0.336 e. The zero-order valence-electron chi connectivity index (χ0n) is 15.1. The van der Waals surface area contributed by atoms with Gasteiger partial charge in [0, 0.05) is 17.1 Å². The van der Waals surface area contributed by atoms with Gasteiger partial charge in [0.25, 0.3) is 0 Å². The molecule has 0 atom stereocenters. The van der Waals surface area contributed by atoms with Gasteiger partial charge < -0.3 is 14.7 Å². The molecule has 1 saturated heterocycles. The van der Waals surface area contributed by atoms with E-state index in [0.29, 0.717) is 20.0 Å². The third-order valence-electron chi connectivity index (χ3n) is 4.81. The first-order chi connectivity index (χ1) is 13.1. The molecule has 6 heteroatoms. The van der Waals surface area contributed by atoms with Crippen LogP contribution in [-0.2, 0) is 0 Å². The number of anilines is 3. The monoisotopic (exact) mass is 363 g/mol. The lowest BCUT2D eigenvalue weighted by molar-refractivity contribution is 0.604. The average Bonchev–Trinajstić information content (AvgIpc) is 2.69. The van der Waals surface area contributed by atoms with E-state index in [4.69, 9.17) is 0 Å². The van der Waals surface area contributed by atoms with E-state index in [1.165, 1.54) is 29.7 Å². The van der Waals surface area contributed by atoms with Crippen molar-refractivity contribution in [2.45, 2.75) is 0 Å². The van der Waals surface area contributed by atoms with Crippen molar-refractivity contribution in [2.75, 3.05) is 34.7 Å². The molecule has 0 radical (unpaired) electrons. The molecule has 3 aromatic carbocycles. The van der Waals surface area contributed by atoms with Crippen LogP contribution < -0.4 is 20.2 Å². The van der Waals surface area contributed by atoms with Crippen molar-refractivity contribution in [3.05, 3.63) is 84.4 Å². The van der Waals surface area contributed by atoms with Gasteiger partial charge >= 0.3 is 0 Å². The van der Waals surface area contributed by atoms with Gasteiger partial charge in [-0.1, -0.05) is 17.6 Å². The maximum absolute atomic E-state index is 13.3. The molecule has 27 heavy (non-hydrogen) atoms. The van der Waals surface area contributed by atoms with E-state index in [1.54, 1.807) is 24.3 Å². The Morgan fingerprint density at radius 3 is 1.15 bits per heavy atom. The second-order valence-electron chi connectivity index (χ2n) is 6.83. The molecule has 0 bridgehead atoms. The number of rotatable bonds is 3. The van der Waals surface area contributed by atoms with Crippen LogP contribution in [0.4, 0.5) is 25.8 Å². The normalized spacial score (nSPS) is 14.5. The fourth-order valence-corrected chi connectivity index (χ4v) is 3.30. The van der Waals surface area contributed by atoms with Crippen molar-refractivity contribution < 1.29 is 8.78 Å². The molecule has 3 nitrogen and oxygen atoms in total. The Morgan fingerprint density at radius 2 is 0.815 bits per heavy atom. The second kappa shape index (κ2) is 7.31. The third kappa shape index (κ3) is 3.89. The molecule has 136 valence electrons. The minimum absolute atomic E-state index is 0.249. The maximum atomic E-state index is 13.3. The van der Waals surface area contributed by atoms with Crippen molar-refractivity contribution in [3.63, 3.8) is 0 Å². The fraction of sp³-hybridized carbons (Fsp3) is 0.143. The van der Waals surface area contributed by atoms with E-state index < -0.39 is 0 Å². The molecule has 1 aliphatic heterocycles. The first-order valence-electron chi connectivity index (χ1n) is 8.91. The van der Waals surface area contributed by atoms with E-state index in [2.05, 4.69) is 46.8 Å². The lowest BCUT2D eigenvalue weighted by atomic mass is 9.96. The molecule has 0 aliphatic carbocycles. The zero-order chi connectivity index (χ0) is 18.8. The quantitative estimate of drug-likeness (QED) is 0.663. The fourth-order valence-electron chi connectivity index (χ4n) is 3.30. The Hall–Kier alpha value is -3.02. The van der Waals surface area contributed by atoms with Gasteiger partial charge in [0.2, 0.25) is 0 Å². The minimum atomic E-state index is -0.249. The Kier molecular flexibility index (Phi) is 4.71. The molecule has 0 spiro atoms. The molecular weight excluding hydrogens is 343 g/mol. The summed E-state index contributed by atoms with van der Waals surface area (Å²) in [4.78, 5) is 6.59. The SMILES string of the molecule is Bc1ccc(N2CN(c3ccc(F)cc3)CN(c3ccc(F)cc3)C2)cc1. The van der Waals surface area contributed by atoms with E-state index in [-0.39, 0.29) is 11.6 Å². The van der Waals surface area contributed by atoms with E-state index >= 15 is 0 Å². The van der Waals surface area contributed by atoms with Crippen LogP contribution >= 0.6 is 0 Å². The highest BCUT2D eigenvalue weighted by molar-refractivity contribution is 6.32. The highest BCUT2D eigenvalue weighted by atomic mass is 19.1. The van der Waals surface area contributed by atoms with Gasteiger partial charge in [0.05, 0.1) is 20.0 Å². The van der Waals surface area contributed by atoms with Crippen LogP contribution in [0.15, 0.2) is 72.8 Å². The zero-order valence-corrected chi connectivity index (χ0v) is 15.1. The van der Waals surface area contributed by atoms with Crippen LogP contribution in [0, 0.1) is 11.6 Å². The summed E-state index contributed by atoms with van der Waals surface area (Å²) in [6.07, 6.45) is 0. The largest absolute Gasteiger partial charge is 0.336 e. The van der Waals surface area contributed by atoms with Gasteiger partial charge in [-0.2, -0.15) is 0 Å². The van der Waals surface area contributed by atoms with Crippen LogP contribution in [0.5, 0.6) is 0 Å². The Labute approximate surface area is 158 Å². The number of benzene rings is 3. The predicted molar refractivity (Wildman–Crippen MR) is 109 cm³/mol. The third-order valence-corrected chi connectivity index (χ3v) is 4.81. The molecule has 1 heterocycles. The summed E-state index contributed by atoms with van der Waals surface area (Å²) in [5.41, 5.74) is 4.21. The summed E-state index contributed by atoms with van der Waals surface area (Å²) in [6, 6.07) is 21.4. The molecule has 0 amide bonds. The smallest absolute Gasteiger partial charge is 0.139 e.